The molecule has 0 aliphatic rings. The maximum absolute atomic E-state index is 5.19. The number of aryl methyl sites for hydroxylation is 1. The van der Waals surface area contributed by atoms with Gasteiger partial charge < -0.3 is 9.15 Å². The molecule has 1 heterocycles. The van der Waals surface area contributed by atoms with Crippen LogP contribution in [-0.2, 0) is 10.3 Å². The molecule has 0 fully saturated rings. The van der Waals surface area contributed by atoms with Crippen molar-refractivity contribution in [1.82, 2.24) is 10.2 Å². The van der Waals surface area contributed by atoms with Gasteiger partial charge in [0.05, 0.1) is 0 Å². The highest BCUT2D eigenvalue weighted by atomic mass is 16.5. The van der Waals surface area contributed by atoms with E-state index in [1.807, 2.05) is 13.8 Å². The van der Waals surface area contributed by atoms with E-state index in [2.05, 4.69) is 10.2 Å². The molecule has 0 amide bonds. The SMILES string of the molecule is COC(C)(C)c1nnc(C)o1. The van der Waals surface area contributed by atoms with Crippen LogP contribution in [0.3, 0.4) is 0 Å². The van der Waals surface area contributed by atoms with Crippen molar-refractivity contribution in [2.24, 2.45) is 0 Å². The molecule has 0 atom stereocenters. The Labute approximate surface area is 65.6 Å². The minimum absolute atomic E-state index is 0.485. The van der Waals surface area contributed by atoms with Gasteiger partial charge in [-0.2, -0.15) is 0 Å². The predicted molar refractivity (Wildman–Crippen MR) is 39.1 cm³/mol. The molecular weight excluding hydrogens is 144 g/mol. The summed E-state index contributed by atoms with van der Waals surface area (Å²) < 4.78 is 10.3. The molecule has 0 spiro atoms. The smallest absolute Gasteiger partial charge is 0.247 e. The largest absolute Gasteiger partial charge is 0.422 e. The van der Waals surface area contributed by atoms with Gasteiger partial charge in [0.15, 0.2) is 0 Å². The first-order valence-electron chi connectivity index (χ1n) is 3.42. The van der Waals surface area contributed by atoms with E-state index in [1.165, 1.54) is 0 Å². The molecule has 11 heavy (non-hydrogen) atoms. The molecule has 4 nitrogen and oxygen atoms in total. The van der Waals surface area contributed by atoms with Crippen LogP contribution in [0.2, 0.25) is 0 Å². The van der Waals surface area contributed by atoms with Crippen LogP contribution < -0.4 is 0 Å². The normalized spacial score (nSPS) is 12.0. The van der Waals surface area contributed by atoms with Crippen LogP contribution in [0.1, 0.15) is 25.6 Å². The summed E-state index contributed by atoms with van der Waals surface area (Å²) in [4.78, 5) is 0. The lowest BCUT2D eigenvalue weighted by Crippen LogP contribution is -2.19. The standard InChI is InChI=1S/C7H12N2O2/c1-5-8-9-6(11-5)7(2,3)10-4/h1-4H3. The molecular formula is C7H12N2O2. The van der Waals surface area contributed by atoms with Crippen LogP contribution in [-0.4, -0.2) is 17.3 Å². The molecule has 62 valence electrons. The molecule has 0 bridgehead atoms. The average molecular weight is 156 g/mol. The van der Waals surface area contributed by atoms with Crippen molar-refractivity contribution in [1.29, 1.82) is 0 Å². The topological polar surface area (TPSA) is 48.2 Å². The molecule has 0 unspecified atom stereocenters. The van der Waals surface area contributed by atoms with E-state index in [0.717, 1.165) is 0 Å². The lowest BCUT2D eigenvalue weighted by Gasteiger charge is -2.16. The molecule has 0 aliphatic heterocycles. The third kappa shape index (κ3) is 1.57. The average Bonchev–Trinajstić information content (AvgIpc) is 2.36. The van der Waals surface area contributed by atoms with Crippen molar-refractivity contribution in [3.63, 3.8) is 0 Å². The van der Waals surface area contributed by atoms with E-state index >= 15 is 0 Å². The molecule has 1 aromatic heterocycles. The lowest BCUT2D eigenvalue weighted by molar-refractivity contribution is -0.00431. The highest BCUT2D eigenvalue weighted by Gasteiger charge is 2.25. The van der Waals surface area contributed by atoms with E-state index < -0.39 is 5.60 Å². The molecule has 0 saturated heterocycles. The first-order valence-corrected chi connectivity index (χ1v) is 3.42. The van der Waals surface area contributed by atoms with E-state index in [1.54, 1.807) is 14.0 Å². The van der Waals surface area contributed by atoms with Gasteiger partial charge in [0.1, 0.15) is 5.60 Å². The fourth-order valence-electron chi connectivity index (χ4n) is 0.627. The van der Waals surface area contributed by atoms with Gasteiger partial charge >= 0.3 is 0 Å². The van der Waals surface area contributed by atoms with Crippen molar-refractivity contribution in [2.75, 3.05) is 7.11 Å². The fourth-order valence-corrected chi connectivity index (χ4v) is 0.627. The van der Waals surface area contributed by atoms with Crippen molar-refractivity contribution >= 4 is 0 Å². The van der Waals surface area contributed by atoms with E-state index in [4.69, 9.17) is 9.15 Å². The maximum Gasteiger partial charge on any atom is 0.247 e. The highest BCUT2D eigenvalue weighted by molar-refractivity contribution is 4.91. The Hall–Kier alpha value is -0.900. The van der Waals surface area contributed by atoms with Gasteiger partial charge in [-0.3, -0.25) is 0 Å². The second-order valence-corrected chi connectivity index (χ2v) is 2.84. The van der Waals surface area contributed by atoms with Gasteiger partial charge in [0, 0.05) is 14.0 Å². The number of ether oxygens (including phenoxy) is 1. The van der Waals surface area contributed by atoms with Gasteiger partial charge in [-0.15, -0.1) is 10.2 Å². The van der Waals surface area contributed by atoms with Crippen LogP contribution in [0.5, 0.6) is 0 Å². The second-order valence-electron chi connectivity index (χ2n) is 2.84. The molecule has 0 saturated carbocycles. The van der Waals surface area contributed by atoms with Crippen LogP contribution in [0.25, 0.3) is 0 Å². The zero-order valence-corrected chi connectivity index (χ0v) is 7.21. The number of nitrogens with zero attached hydrogens (tertiary/aromatic N) is 2. The van der Waals surface area contributed by atoms with Crippen LogP contribution in [0.15, 0.2) is 4.42 Å². The van der Waals surface area contributed by atoms with Gasteiger partial charge in [0.2, 0.25) is 11.8 Å². The quantitative estimate of drug-likeness (QED) is 0.646. The van der Waals surface area contributed by atoms with Crippen molar-refractivity contribution in [3.8, 4) is 0 Å². The molecule has 0 N–H and O–H groups in total. The molecule has 0 radical (unpaired) electrons. The molecule has 4 heteroatoms. The van der Waals surface area contributed by atoms with Crippen LogP contribution in [0, 0.1) is 6.92 Å². The summed E-state index contributed by atoms with van der Waals surface area (Å²) in [5.41, 5.74) is -0.485. The van der Waals surface area contributed by atoms with Gasteiger partial charge in [-0.25, -0.2) is 0 Å². The number of hydrogen-bond acceptors (Lipinski definition) is 4. The maximum atomic E-state index is 5.19. The summed E-state index contributed by atoms with van der Waals surface area (Å²) in [6.07, 6.45) is 0. The Balaban J connectivity index is 2.92. The van der Waals surface area contributed by atoms with Crippen molar-refractivity contribution in [2.45, 2.75) is 26.4 Å². The summed E-state index contributed by atoms with van der Waals surface area (Å²) in [7, 11) is 1.61. The lowest BCUT2D eigenvalue weighted by atomic mass is 10.1. The summed E-state index contributed by atoms with van der Waals surface area (Å²) in [5, 5.41) is 7.55. The first-order chi connectivity index (χ1) is 5.06. The van der Waals surface area contributed by atoms with E-state index in [-0.39, 0.29) is 0 Å². The van der Waals surface area contributed by atoms with Crippen LogP contribution in [0.4, 0.5) is 0 Å². The molecule has 1 aromatic rings. The summed E-state index contributed by atoms with van der Waals surface area (Å²) in [5.74, 6) is 1.07. The van der Waals surface area contributed by atoms with Crippen LogP contribution >= 0.6 is 0 Å². The fraction of sp³-hybridized carbons (Fsp3) is 0.714. The molecule has 0 aromatic carbocycles. The number of aromatic nitrogens is 2. The zero-order valence-electron chi connectivity index (χ0n) is 7.21. The number of methoxy groups -OCH3 is 1. The molecule has 1 rings (SSSR count). The highest BCUT2D eigenvalue weighted by Crippen LogP contribution is 2.21. The third-order valence-corrected chi connectivity index (χ3v) is 1.55. The molecule has 0 aliphatic carbocycles. The Bertz CT molecular complexity index is 242. The Morgan fingerprint density at radius 3 is 2.36 bits per heavy atom. The van der Waals surface area contributed by atoms with Crippen molar-refractivity contribution < 1.29 is 9.15 Å². The number of hydrogen-bond donors (Lipinski definition) is 0. The minimum atomic E-state index is -0.485. The Morgan fingerprint density at radius 1 is 1.36 bits per heavy atom. The summed E-state index contributed by atoms with van der Waals surface area (Å²) in [6, 6.07) is 0. The van der Waals surface area contributed by atoms with Gasteiger partial charge in [0.25, 0.3) is 0 Å². The van der Waals surface area contributed by atoms with Gasteiger partial charge in [-0.1, -0.05) is 0 Å². The van der Waals surface area contributed by atoms with E-state index in [0.29, 0.717) is 11.8 Å². The first kappa shape index (κ1) is 8.20. The van der Waals surface area contributed by atoms with E-state index in [9.17, 15) is 0 Å². The predicted octanol–water partition coefficient (Wildman–Crippen LogP) is 1.26. The zero-order chi connectivity index (χ0) is 8.48. The number of rotatable bonds is 2. The summed E-state index contributed by atoms with van der Waals surface area (Å²) in [6.45, 7) is 5.50. The Kier molecular flexibility index (Phi) is 1.95. The van der Waals surface area contributed by atoms with Crippen molar-refractivity contribution in [3.05, 3.63) is 11.8 Å². The second kappa shape index (κ2) is 2.62. The third-order valence-electron chi connectivity index (χ3n) is 1.55. The monoisotopic (exact) mass is 156 g/mol. The summed E-state index contributed by atoms with van der Waals surface area (Å²) >= 11 is 0. The van der Waals surface area contributed by atoms with Gasteiger partial charge in [-0.05, 0) is 13.8 Å². The Morgan fingerprint density at radius 2 is 2.00 bits per heavy atom. The minimum Gasteiger partial charge on any atom is -0.422 e.